The summed E-state index contributed by atoms with van der Waals surface area (Å²) in [6.45, 7) is 7.90. The van der Waals surface area contributed by atoms with Gasteiger partial charge in [0.25, 0.3) is 0 Å². The van der Waals surface area contributed by atoms with E-state index in [4.69, 9.17) is 0 Å². The van der Waals surface area contributed by atoms with Crippen LogP contribution in [0.25, 0.3) is 0 Å². The fourth-order valence-electron chi connectivity index (χ4n) is 2.23. The molecule has 1 N–H and O–H groups in total. The highest BCUT2D eigenvalue weighted by atomic mass is 16.1. The number of nitrogens with zero attached hydrogens (tertiary/aromatic N) is 1. The average Bonchev–Trinajstić information content (AvgIpc) is 2.38. The van der Waals surface area contributed by atoms with E-state index < -0.39 is 0 Å². The summed E-state index contributed by atoms with van der Waals surface area (Å²) >= 11 is 0. The monoisotopic (exact) mass is 218 g/mol. The van der Waals surface area contributed by atoms with Crippen molar-refractivity contribution in [2.45, 2.75) is 20.8 Å². The maximum absolute atomic E-state index is 11.8. The Morgan fingerprint density at radius 3 is 2.94 bits per heavy atom. The maximum Gasteiger partial charge on any atom is 0.229 e. The Bertz CT molecular complexity index is 414. The first kappa shape index (κ1) is 11.0. The number of amides is 1. The van der Waals surface area contributed by atoms with Gasteiger partial charge in [-0.1, -0.05) is 19.1 Å². The van der Waals surface area contributed by atoms with E-state index in [2.05, 4.69) is 30.1 Å². The van der Waals surface area contributed by atoms with Gasteiger partial charge in [0.05, 0.1) is 17.3 Å². The van der Waals surface area contributed by atoms with E-state index in [1.807, 2.05) is 19.1 Å². The van der Waals surface area contributed by atoms with Crippen LogP contribution < -0.4 is 10.2 Å². The van der Waals surface area contributed by atoms with Crippen LogP contribution in [0, 0.1) is 12.8 Å². The van der Waals surface area contributed by atoms with Gasteiger partial charge in [0.1, 0.15) is 0 Å². The zero-order valence-electron chi connectivity index (χ0n) is 10.1. The van der Waals surface area contributed by atoms with Crippen molar-refractivity contribution >= 4 is 17.3 Å². The molecule has 0 aromatic heterocycles. The third-order valence-electron chi connectivity index (χ3n) is 3.14. The van der Waals surface area contributed by atoms with E-state index >= 15 is 0 Å². The quantitative estimate of drug-likeness (QED) is 0.785. The van der Waals surface area contributed by atoms with E-state index in [0.29, 0.717) is 0 Å². The van der Waals surface area contributed by atoms with Gasteiger partial charge in [-0.2, -0.15) is 0 Å². The number of hydrogen-bond donors (Lipinski definition) is 1. The molecule has 0 spiro atoms. The number of carbonyl (C=O) groups is 1. The summed E-state index contributed by atoms with van der Waals surface area (Å²) < 4.78 is 0. The molecule has 0 saturated heterocycles. The minimum absolute atomic E-state index is 0.0340. The lowest BCUT2D eigenvalue weighted by molar-refractivity contribution is -0.119. The molecule has 1 aromatic carbocycles. The molecule has 3 nitrogen and oxygen atoms in total. The Kier molecular flexibility index (Phi) is 2.86. The zero-order valence-corrected chi connectivity index (χ0v) is 10.1. The summed E-state index contributed by atoms with van der Waals surface area (Å²) in [5.74, 6) is 0.148. The zero-order chi connectivity index (χ0) is 11.7. The van der Waals surface area contributed by atoms with Gasteiger partial charge in [-0.05, 0) is 25.5 Å². The largest absolute Gasteiger partial charge is 0.369 e. The second-order valence-electron chi connectivity index (χ2n) is 4.40. The lowest BCUT2D eigenvalue weighted by Crippen LogP contribution is -2.30. The van der Waals surface area contributed by atoms with Crippen LogP contribution in [0.4, 0.5) is 11.4 Å². The van der Waals surface area contributed by atoms with Crippen molar-refractivity contribution in [3.05, 3.63) is 23.8 Å². The van der Waals surface area contributed by atoms with Gasteiger partial charge in [0.2, 0.25) is 5.91 Å². The molecule has 0 saturated carbocycles. The van der Waals surface area contributed by atoms with Gasteiger partial charge in [-0.3, -0.25) is 4.79 Å². The predicted molar refractivity (Wildman–Crippen MR) is 66.9 cm³/mol. The van der Waals surface area contributed by atoms with Crippen LogP contribution in [-0.4, -0.2) is 19.0 Å². The van der Waals surface area contributed by atoms with Crippen molar-refractivity contribution in [1.82, 2.24) is 0 Å². The molecule has 86 valence electrons. The number of benzene rings is 1. The molecule has 2 rings (SSSR count). The van der Waals surface area contributed by atoms with Crippen molar-refractivity contribution in [2.24, 2.45) is 5.92 Å². The summed E-state index contributed by atoms with van der Waals surface area (Å²) in [5, 5.41) is 3.00. The second kappa shape index (κ2) is 4.16. The smallest absolute Gasteiger partial charge is 0.229 e. The normalized spacial score (nSPS) is 20.1. The van der Waals surface area contributed by atoms with Crippen molar-refractivity contribution < 1.29 is 4.79 Å². The molecule has 1 amide bonds. The molecule has 3 heteroatoms. The van der Waals surface area contributed by atoms with Crippen LogP contribution >= 0.6 is 0 Å². The summed E-state index contributed by atoms with van der Waals surface area (Å²) in [6, 6.07) is 6.04. The highest BCUT2D eigenvalue weighted by molar-refractivity contribution is 5.98. The summed E-state index contributed by atoms with van der Waals surface area (Å²) in [6.07, 6.45) is 0. The van der Waals surface area contributed by atoms with Crippen LogP contribution in [0.1, 0.15) is 19.4 Å². The predicted octanol–water partition coefficient (Wildman–Crippen LogP) is 2.41. The van der Waals surface area contributed by atoms with Gasteiger partial charge in [0.15, 0.2) is 0 Å². The molecule has 0 bridgehead atoms. The molecule has 0 aliphatic carbocycles. The molecule has 1 aliphatic heterocycles. The molecule has 16 heavy (non-hydrogen) atoms. The molecule has 1 unspecified atom stereocenters. The number of aryl methyl sites for hydroxylation is 1. The Labute approximate surface area is 96.5 Å². The number of nitrogens with one attached hydrogen (secondary N) is 1. The van der Waals surface area contributed by atoms with E-state index in [1.165, 1.54) is 11.3 Å². The van der Waals surface area contributed by atoms with Gasteiger partial charge in [-0.25, -0.2) is 0 Å². The molecule has 1 heterocycles. The van der Waals surface area contributed by atoms with Crippen LogP contribution in [0.5, 0.6) is 0 Å². The number of para-hydroxylation sites is 1. The third kappa shape index (κ3) is 1.77. The number of carbonyl (C=O) groups excluding carboxylic acids is 1. The Balaban J connectivity index is 2.51. The van der Waals surface area contributed by atoms with E-state index in [1.54, 1.807) is 0 Å². The van der Waals surface area contributed by atoms with Crippen molar-refractivity contribution in [1.29, 1.82) is 0 Å². The Morgan fingerprint density at radius 2 is 2.25 bits per heavy atom. The van der Waals surface area contributed by atoms with Gasteiger partial charge >= 0.3 is 0 Å². The number of hydrogen-bond acceptors (Lipinski definition) is 2. The molecule has 0 fully saturated rings. The van der Waals surface area contributed by atoms with Crippen LogP contribution in [-0.2, 0) is 4.79 Å². The van der Waals surface area contributed by atoms with Gasteiger partial charge in [-0.15, -0.1) is 0 Å². The minimum Gasteiger partial charge on any atom is -0.369 e. The first-order valence-corrected chi connectivity index (χ1v) is 5.79. The lowest BCUT2D eigenvalue weighted by atomic mass is 10.1. The van der Waals surface area contributed by atoms with E-state index in [9.17, 15) is 4.79 Å². The highest BCUT2D eigenvalue weighted by Gasteiger charge is 2.24. The summed E-state index contributed by atoms with van der Waals surface area (Å²) in [5.41, 5.74) is 3.33. The number of anilines is 2. The maximum atomic E-state index is 11.8. The lowest BCUT2D eigenvalue weighted by Gasteiger charge is -2.25. The molecule has 0 radical (unpaired) electrons. The van der Waals surface area contributed by atoms with E-state index in [-0.39, 0.29) is 11.8 Å². The first-order valence-electron chi connectivity index (χ1n) is 5.79. The Morgan fingerprint density at radius 1 is 1.50 bits per heavy atom. The number of fused-ring (bicyclic) bond motifs is 1. The van der Waals surface area contributed by atoms with Crippen molar-refractivity contribution in [3.63, 3.8) is 0 Å². The minimum atomic E-state index is 0.0340. The molecular weight excluding hydrogens is 200 g/mol. The van der Waals surface area contributed by atoms with Crippen molar-refractivity contribution in [3.8, 4) is 0 Å². The van der Waals surface area contributed by atoms with Crippen LogP contribution in [0.3, 0.4) is 0 Å². The summed E-state index contributed by atoms with van der Waals surface area (Å²) in [7, 11) is 0. The van der Waals surface area contributed by atoms with Crippen molar-refractivity contribution in [2.75, 3.05) is 23.3 Å². The van der Waals surface area contributed by atoms with Gasteiger partial charge in [0, 0.05) is 13.1 Å². The molecule has 1 aromatic rings. The highest BCUT2D eigenvalue weighted by Crippen LogP contribution is 2.32. The van der Waals surface area contributed by atoms with E-state index in [0.717, 1.165) is 18.8 Å². The Hall–Kier alpha value is -1.51. The first-order chi connectivity index (χ1) is 7.63. The fraction of sp³-hybridized carbons (Fsp3) is 0.462. The SMILES string of the molecule is CCN1CC(C)C(=O)Nc2cccc(C)c21. The second-order valence-corrected chi connectivity index (χ2v) is 4.40. The topological polar surface area (TPSA) is 32.3 Å². The van der Waals surface area contributed by atoms with Crippen LogP contribution in [0.2, 0.25) is 0 Å². The standard InChI is InChI=1S/C13H18N2O/c1-4-15-8-10(3)13(16)14-11-7-5-6-9(2)12(11)15/h5-7,10H,4,8H2,1-3H3,(H,14,16). The molecule has 1 atom stereocenters. The molecular formula is C13H18N2O. The fourth-order valence-corrected chi connectivity index (χ4v) is 2.23. The third-order valence-corrected chi connectivity index (χ3v) is 3.14. The average molecular weight is 218 g/mol. The van der Waals surface area contributed by atoms with Crippen LogP contribution in [0.15, 0.2) is 18.2 Å². The summed E-state index contributed by atoms with van der Waals surface area (Å²) in [4.78, 5) is 14.1. The number of rotatable bonds is 1. The molecule has 1 aliphatic rings. The van der Waals surface area contributed by atoms with Gasteiger partial charge < -0.3 is 10.2 Å².